The van der Waals surface area contributed by atoms with Crippen molar-refractivity contribution < 1.29 is 0 Å². The maximum atomic E-state index is 3.31. The molecule has 1 aliphatic heterocycles. The lowest BCUT2D eigenvalue weighted by Gasteiger charge is -2.39. The SMILES string of the molecule is CNc1ccccc1N1c2ccccc2N(C)c2ccccc21. The summed E-state index contributed by atoms with van der Waals surface area (Å²) < 4.78 is 0. The van der Waals surface area contributed by atoms with Crippen LogP contribution in [0.15, 0.2) is 72.8 Å². The topological polar surface area (TPSA) is 18.5 Å². The average Bonchev–Trinajstić information content (AvgIpc) is 2.62. The van der Waals surface area contributed by atoms with Crippen molar-refractivity contribution in [1.29, 1.82) is 0 Å². The van der Waals surface area contributed by atoms with Gasteiger partial charge in [0.2, 0.25) is 0 Å². The molecule has 0 bridgehead atoms. The first kappa shape index (κ1) is 13.7. The second-order valence-corrected chi connectivity index (χ2v) is 5.64. The molecule has 23 heavy (non-hydrogen) atoms. The molecule has 0 amide bonds. The van der Waals surface area contributed by atoms with E-state index < -0.39 is 0 Å². The summed E-state index contributed by atoms with van der Waals surface area (Å²) in [6.07, 6.45) is 0. The van der Waals surface area contributed by atoms with E-state index >= 15 is 0 Å². The minimum Gasteiger partial charge on any atom is -0.386 e. The first-order valence-electron chi connectivity index (χ1n) is 7.80. The van der Waals surface area contributed by atoms with E-state index in [9.17, 15) is 0 Å². The Morgan fingerprint density at radius 1 is 0.609 bits per heavy atom. The van der Waals surface area contributed by atoms with Gasteiger partial charge in [-0.3, -0.25) is 0 Å². The molecule has 1 N–H and O–H groups in total. The number of benzene rings is 3. The van der Waals surface area contributed by atoms with Gasteiger partial charge in [-0.25, -0.2) is 0 Å². The Hall–Kier alpha value is -2.94. The molecule has 0 aliphatic carbocycles. The molecular formula is C20H19N3. The highest BCUT2D eigenvalue weighted by Crippen LogP contribution is 2.51. The normalized spacial score (nSPS) is 12.6. The smallest absolute Gasteiger partial charge is 0.0700 e. The van der Waals surface area contributed by atoms with Crippen molar-refractivity contribution in [1.82, 2.24) is 0 Å². The number of nitrogens with zero attached hydrogens (tertiary/aromatic N) is 2. The van der Waals surface area contributed by atoms with Crippen LogP contribution >= 0.6 is 0 Å². The maximum Gasteiger partial charge on any atom is 0.0700 e. The van der Waals surface area contributed by atoms with Crippen molar-refractivity contribution >= 4 is 34.1 Å². The molecule has 0 radical (unpaired) electrons. The molecule has 0 unspecified atom stereocenters. The lowest BCUT2D eigenvalue weighted by Crippen LogP contribution is -2.24. The van der Waals surface area contributed by atoms with Gasteiger partial charge in [-0.05, 0) is 36.4 Å². The van der Waals surface area contributed by atoms with Crippen molar-refractivity contribution in [3.8, 4) is 0 Å². The standard InChI is InChI=1S/C20H19N3/c1-21-15-9-3-4-10-16(15)23-19-13-7-5-11-17(19)22(2)18-12-6-8-14-20(18)23/h3-14,21H,1-2H3. The van der Waals surface area contributed by atoms with Crippen molar-refractivity contribution in [3.05, 3.63) is 72.8 Å². The van der Waals surface area contributed by atoms with Crippen molar-refractivity contribution in [2.75, 3.05) is 29.2 Å². The number of hydrogen-bond donors (Lipinski definition) is 1. The molecule has 114 valence electrons. The fraction of sp³-hybridized carbons (Fsp3) is 0.100. The molecule has 0 saturated carbocycles. The van der Waals surface area contributed by atoms with Gasteiger partial charge in [0.15, 0.2) is 0 Å². The van der Waals surface area contributed by atoms with E-state index in [2.05, 4.69) is 95.0 Å². The van der Waals surface area contributed by atoms with E-state index in [0.29, 0.717) is 0 Å². The lowest BCUT2D eigenvalue weighted by molar-refractivity contribution is 1.13. The first-order valence-corrected chi connectivity index (χ1v) is 7.80. The third kappa shape index (κ3) is 2.05. The summed E-state index contributed by atoms with van der Waals surface area (Å²) >= 11 is 0. The number of rotatable bonds is 2. The second-order valence-electron chi connectivity index (χ2n) is 5.64. The molecule has 0 spiro atoms. The molecule has 1 heterocycles. The van der Waals surface area contributed by atoms with E-state index in [1.54, 1.807) is 0 Å². The molecule has 3 aromatic rings. The highest BCUT2D eigenvalue weighted by molar-refractivity contribution is 5.99. The summed E-state index contributed by atoms with van der Waals surface area (Å²) in [5, 5.41) is 3.31. The van der Waals surface area contributed by atoms with Crippen LogP contribution in [0.1, 0.15) is 0 Å². The second kappa shape index (κ2) is 5.36. The van der Waals surface area contributed by atoms with Gasteiger partial charge in [0.05, 0.1) is 34.1 Å². The van der Waals surface area contributed by atoms with Gasteiger partial charge in [0.1, 0.15) is 0 Å². The molecule has 0 saturated heterocycles. The monoisotopic (exact) mass is 301 g/mol. The van der Waals surface area contributed by atoms with Crippen LogP contribution in [-0.4, -0.2) is 14.1 Å². The van der Waals surface area contributed by atoms with E-state index in [4.69, 9.17) is 0 Å². The Morgan fingerprint density at radius 2 is 1.04 bits per heavy atom. The third-order valence-corrected chi connectivity index (χ3v) is 4.38. The first-order chi connectivity index (χ1) is 11.3. The van der Waals surface area contributed by atoms with Gasteiger partial charge in [-0.2, -0.15) is 0 Å². The summed E-state index contributed by atoms with van der Waals surface area (Å²) in [4.78, 5) is 4.58. The van der Waals surface area contributed by atoms with Crippen molar-refractivity contribution in [2.45, 2.75) is 0 Å². The average molecular weight is 301 g/mol. The molecule has 1 aliphatic rings. The Kier molecular flexibility index (Phi) is 3.19. The molecule has 0 fully saturated rings. The molecule has 3 heteroatoms. The van der Waals surface area contributed by atoms with E-state index in [1.165, 1.54) is 22.7 Å². The Balaban J connectivity index is 2.02. The Bertz CT molecular complexity index is 794. The molecule has 0 atom stereocenters. The van der Waals surface area contributed by atoms with Crippen LogP contribution in [-0.2, 0) is 0 Å². The highest BCUT2D eigenvalue weighted by Gasteiger charge is 2.27. The highest BCUT2D eigenvalue weighted by atomic mass is 15.3. The molecule has 3 nitrogen and oxygen atoms in total. The molecular weight excluding hydrogens is 282 g/mol. The van der Waals surface area contributed by atoms with E-state index in [1.807, 2.05) is 7.05 Å². The predicted molar refractivity (Wildman–Crippen MR) is 98.7 cm³/mol. The van der Waals surface area contributed by atoms with Crippen LogP contribution in [0.5, 0.6) is 0 Å². The van der Waals surface area contributed by atoms with Crippen LogP contribution in [0.25, 0.3) is 0 Å². The van der Waals surface area contributed by atoms with Gasteiger partial charge >= 0.3 is 0 Å². The Labute approximate surface area is 136 Å². The number of anilines is 6. The van der Waals surface area contributed by atoms with Crippen LogP contribution in [0.3, 0.4) is 0 Å². The van der Waals surface area contributed by atoms with Crippen LogP contribution in [0, 0.1) is 0 Å². The van der Waals surface area contributed by atoms with E-state index in [-0.39, 0.29) is 0 Å². The van der Waals surface area contributed by atoms with Gasteiger partial charge in [-0.15, -0.1) is 0 Å². The van der Waals surface area contributed by atoms with Crippen LogP contribution < -0.4 is 15.1 Å². The molecule has 4 rings (SSSR count). The van der Waals surface area contributed by atoms with Crippen molar-refractivity contribution in [3.63, 3.8) is 0 Å². The lowest BCUT2D eigenvalue weighted by atomic mass is 10.1. The van der Waals surface area contributed by atoms with Gasteiger partial charge in [0.25, 0.3) is 0 Å². The summed E-state index contributed by atoms with van der Waals surface area (Å²) in [5.41, 5.74) is 7.06. The van der Waals surface area contributed by atoms with Gasteiger partial charge < -0.3 is 15.1 Å². The largest absolute Gasteiger partial charge is 0.386 e. The third-order valence-electron chi connectivity index (χ3n) is 4.38. The zero-order valence-electron chi connectivity index (χ0n) is 13.3. The quantitative estimate of drug-likeness (QED) is 0.694. The fourth-order valence-corrected chi connectivity index (χ4v) is 3.27. The van der Waals surface area contributed by atoms with Crippen LogP contribution in [0.4, 0.5) is 34.1 Å². The Morgan fingerprint density at radius 3 is 1.57 bits per heavy atom. The minimum atomic E-state index is 1.11. The summed E-state index contributed by atoms with van der Waals surface area (Å²) in [6, 6.07) is 25.5. The zero-order valence-corrected chi connectivity index (χ0v) is 13.3. The number of hydrogen-bond acceptors (Lipinski definition) is 3. The zero-order chi connectivity index (χ0) is 15.8. The number of fused-ring (bicyclic) bond motifs is 2. The van der Waals surface area contributed by atoms with Gasteiger partial charge in [-0.1, -0.05) is 36.4 Å². The van der Waals surface area contributed by atoms with E-state index in [0.717, 1.165) is 11.4 Å². The number of para-hydroxylation sites is 6. The summed E-state index contributed by atoms with van der Waals surface area (Å²) in [6.45, 7) is 0. The van der Waals surface area contributed by atoms with Crippen molar-refractivity contribution in [2.24, 2.45) is 0 Å². The predicted octanol–water partition coefficient (Wildman–Crippen LogP) is 5.28. The minimum absolute atomic E-state index is 1.11. The summed E-state index contributed by atoms with van der Waals surface area (Å²) in [7, 11) is 4.09. The van der Waals surface area contributed by atoms with Crippen LogP contribution in [0.2, 0.25) is 0 Å². The summed E-state index contributed by atoms with van der Waals surface area (Å²) in [5.74, 6) is 0. The van der Waals surface area contributed by atoms with Gasteiger partial charge in [0, 0.05) is 14.1 Å². The number of nitrogens with one attached hydrogen (secondary N) is 1. The molecule has 0 aromatic heterocycles. The molecule has 3 aromatic carbocycles. The maximum absolute atomic E-state index is 3.31. The fourth-order valence-electron chi connectivity index (χ4n) is 3.27.